The number of para-hydroxylation sites is 1. The van der Waals surface area contributed by atoms with E-state index in [0.29, 0.717) is 12.5 Å². The molecule has 0 unspecified atom stereocenters. The van der Waals surface area contributed by atoms with Gasteiger partial charge in [-0.2, -0.15) is 0 Å². The van der Waals surface area contributed by atoms with Gasteiger partial charge in [0.15, 0.2) is 5.96 Å². The minimum atomic E-state index is -0.0822. The van der Waals surface area contributed by atoms with Gasteiger partial charge in [0.1, 0.15) is 11.3 Å². The quantitative estimate of drug-likeness (QED) is 0.471. The Morgan fingerprint density at radius 1 is 1.30 bits per heavy atom. The highest BCUT2D eigenvalue weighted by Crippen LogP contribution is 2.25. The number of nitrogens with two attached hydrogens (primary N) is 1. The third kappa shape index (κ3) is 4.13. The SMILES string of the molecule is Cc1oc2ccccc2c1CN=C(N)NC(C)(C)C.I. The predicted molar refractivity (Wildman–Crippen MR) is 94.6 cm³/mol. The summed E-state index contributed by atoms with van der Waals surface area (Å²) in [6, 6.07) is 7.98. The molecule has 0 saturated carbocycles. The van der Waals surface area contributed by atoms with Gasteiger partial charge in [-0.3, -0.25) is 0 Å². The number of hydrogen-bond donors (Lipinski definition) is 2. The first-order valence-corrected chi connectivity index (χ1v) is 6.42. The molecule has 0 radical (unpaired) electrons. The molecule has 110 valence electrons. The van der Waals surface area contributed by atoms with E-state index in [-0.39, 0.29) is 29.5 Å². The second kappa shape index (κ2) is 6.47. The lowest BCUT2D eigenvalue weighted by Crippen LogP contribution is -2.44. The summed E-state index contributed by atoms with van der Waals surface area (Å²) < 4.78 is 5.70. The number of rotatable bonds is 2. The van der Waals surface area contributed by atoms with Crippen LogP contribution in [0.5, 0.6) is 0 Å². The maximum Gasteiger partial charge on any atom is 0.189 e. The minimum absolute atomic E-state index is 0. The van der Waals surface area contributed by atoms with Gasteiger partial charge < -0.3 is 15.5 Å². The van der Waals surface area contributed by atoms with E-state index in [1.165, 1.54) is 0 Å². The van der Waals surface area contributed by atoms with Crippen LogP contribution in [0.3, 0.4) is 0 Å². The zero-order chi connectivity index (χ0) is 14.0. The van der Waals surface area contributed by atoms with Crippen LogP contribution in [0.15, 0.2) is 33.7 Å². The van der Waals surface area contributed by atoms with Crippen molar-refractivity contribution >= 4 is 40.9 Å². The van der Waals surface area contributed by atoms with Gasteiger partial charge in [-0.15, -0.1) is 24.0 Å². The predicted octanol–water partition coefficient (Wildman–Crippen LogP) is 3.56. The van der Waals surface area contributed by atoms with Crippen LogP contribution in [-0.4, -0.2) is 11.5 Å². The fraction of sp³-hybridized carbons (Fsp3) is 0.400. The third-order valence-corrected chi connectivity index (χ3v) is 2.81. The summed E-state index contributed by atoms with van der Waals surface area (Å²) in [5, 5.41) is 4.25. The topological polar surface area (TPSA) is 63.5 Å². The van der Waals surface area contributed by atoms with Crippen LogP contribution in [0.2, 0.25) is 0 Å². The molecule has 0 amide bonds. The fourth-order valence-electron chi connectivity index (χ4n) is 2.01. The first-order valence-electron chi connectivity index (χ1n) is 6.42. The van der Waals surface area contributed by atoms with Gasteiger partial charge in [0.05, 0.1) is 6.54 Å². The van der Waals surface area contributed by atoms with Gasteiger partial charge in [-0.25, -0.2) is 4.99 Å². The highest BCUT2D eigenvalue weighted by molar-refractivity contribution is 14.0. The Hall–Kier alpha value is -1.24. The molecule has 0 aliphatic heterocycles. The molecule has 0 bridgehead atoms. The number of nitrogens with one attached hydrogen (secondary N) is 1. The van der Waals surface area contributed by atoms with Crippen molar-refractivity contribution in [2.45, 2.75) is 39.8 Å². The Morgan fingerprint density at radius 2 is 1.95 bits per heavy atom. The van der Waals surface area contributed by atoms with Crippen molar-refractivity contribution in [3.05, 3.63) is 35.6 Å². The van der Waals surface area contributed by atoms with E-state index in [4.69, 9.17) is 10.2 Å². The normalized spacial score (nSPS) is 12.3. The lowest BCUT2D eigenvalue weighted by atomic mass is 10.1. The summed E-state index contributed by atoms with van der Waals surface area (Å²) in [6.45, 7) is 8.63. The van der Waals surface area contributed by atoms with E-state index in [1.807, 2.05) is 52.0 Å². The summed E-state index contributed by atoms with van der Waals surface area (Å²) in [7, 11) is 0. The van der Waals surface area contributed by atoms with E-state index in [1.54, 1.807) is 0 Å². The number of guanidine groups is 1. The molecule has 20 heavy (non-hydrogen) atoms. The number of nitrogens with zero attached hydrogens (tertiary/aromatic N) is 1. The molecule has 1 heterocycles. The van der Waals surface area contributed by atoms with Gasteiger partial charge in [-0.1, -0.05) is 18.2 Å². The largest absolute Gasteiger partial charge is 0.461 e. The zero-order valence-electron chi connectivity index (χ0n) is 12.4. The first-order chi connectivity index (χ1) is 8.87. The van der Waals surface area contributed by atoms with E-state index in [0.717, 1.165) is 22.3 Å². The van der Waals surface area contributed by atoms with Crippen LogP contribution >= 0.6 is 24.0 Å². The number of fused-ring (bicyclic) bond motifs is 1. The molecule has 1 aromatic heterocycles. The molecule has 0 spiro atoms. The van der Waals surface area contributed by atoms with Crippen LogP contribution < -0.4 is 11.1 Å². The molecule has 5 heteroatoms. The van der Waals surface area contributed by atoms with E-state index in [9.17, 15) is 0 Å². The van der Waals surface area contributed by atoms with Crippen molar-refractivity contribution in [2.75, 3.05) is 0 Å². The van der Waals surface area contributed by atoms with Crippen molar-refractivity contribution in [1.82, 2.24) is 5.32 Å². The van der Waals surface area contributed by atoms with E-state index >= 15 is 0 Å². The Balaban J connectivity index is 0.00000200. The van der Waals surface area contributed by atoms with Crippen LogP contribution in [0.1, 0.15) is 32.1 Å². The van der Waals surface area contributed by atoms with Crippen LogP contribution in [0, 0.1) is 6.92 Å². The zero-order valence-corrected chi connectivity index (χ0v) is 14.7. The minimum Gasteiger partial charge on any atom is -0.461 e. The molecular weight excluding hydrogens is 365 g/mol. The summed E-state index contributed by atoms with van der Waals surface area (Å²) in [5.41, 5.74) is 7.78. The second-order valence-electron chi connectivity index (χ2n) is 5.71. The number of halogens is 1. The lowest BCUT2D eigenvalue weighted by Gasteiger charge is -2.20. The Kier molecular flexibility index (Phi) is 5.44. The van der Waals surface area contributed by atoms with Gasteiger partial charge in [0.2, 0.25) is 0 Å². The van der Waals surface area contributed by atoms with E-state index < -0.39 is 0 Å². The Morgan fingerprint density at radius 3 is 2.60 bits per heavy atom. The van der Waals surface area contributed by atoms with E-state index in [2.05, 4.69) is 10.3 Å². The number of benzene rings is 1. The molecule has 2 rings (SSSR count). The van der Waals surface area contributed by atoms with Gasteiger partial charge in [-0.05, 0) is 33.8 Å². The summed E-state index contributed by atoms with van der Waals surface area (Å²) in [4.78, 5) is 4.39. The molecule has 1 aromatic carbocycles. The maximum atomic E-state index is 5.88. The molecule has 2 aromatic rings. The summed E-state index contributed by atoms with van der Waals surface area (Å²) >= 11 is 0. The lowest BCUT2D eigenvalue weighted by molar-refractivity contribution is 0.508. The van der Waals surface area contributed by atoms with Gasteiger partial charge in [0, 0.05) is 16.5 Å². The molecule has 0 atom stereocenters. The van der Waals surface area contributed by atoms with Crippen molar-refractivity contribution in [3.63, 3.8) is 0 Å². The van der Waals surface area contributed by atoms with Crippen molar-refractivity contribution in [1.29, 1.82) is 0 Å². The number of aryl methyl sites for hydroxylation is 1. The highest BCUT2D eigenvalue weighted by Gasteiger charge is 2.12. The van der Waals surface area contributed by atoms with Crippen LogP contribution in [0.4, 0.5) is 0 Å². The van der Waals surface area contributed by atoms with Gasteiger partial charge in [0.25, 0.3) is 0 Å². The number of furan rings is 1. The van der Waals surface area contributed by atoms with Crippen molar-refractivity contribution in [3.8, 4) is 0 Å². The third-order valence-electron chi connectivity index (χ3n) is 2.81. The molecule has 4 nitrogen and oxygen atoms in total. The number of aliphatic imine (C=N–C) groups is 1. The van der Waals surface area contributed by atoms with Crippen molar-refractivity contribution in [2.24, 2.45) is 10.7 Å². The monoisotopic (exact) mass is 387 g/mol. The standard InChI is InChI=1S/C15H21N3O.HI/c1-10-12(9-17-14(16)18-15(2,3)4)11-7-5-6-8-13(11)19-10;/h5-8H,9H2,1-4H3,(H3,16,17,18);1H. The molecule has 0 saturated heterocycles. The Labute approximate surface area is 136 Å². The Bertz CT molecular complexity index is 611. The first kappa shape index (κ1) is 16.8. The molecule has 0 aliphatic rings. The van der Waals surface area contributed by atoms with Crippen molar-refractivity contribution < 1.29 is 4.42 Å². The average Bonchev–Trinajstić information content (AvgIpc) is 2.60. The molecule has 3 N–H and O–H groups in total. The highest BCUT2D eigenvalue weighted by atomic mass is 127. The van der Waals surface area contributed by atoms with Crippen LogP contribution in [0.25, 0.3) is 11.0 Å². The summed E-state index contributed by atoms with van der Waals surface area (Å²) in [6.07, 6.45) is 0. The fourth-order valence-corrected chi connectivity index (χ4v) is 2.01. The molecule has 0 aliphatic carbocycles. The van der Waals surface area contributed by atoms with Gasteiger partial charge >= 0.3 is 0 Å². The maximum absolute atomic E-state index is 5.88. The number of hydrogen-bond acceptors (Lipinski definition) is 2. The van der Waals surface area contributed by atoms with Crippen LogP contribution in [-0.2, 0) is 6.54 Å². The summed E-state index contributed by atoms with van der Waals surface area (Å²) in [5.74, 6) is 1.35. The molecule has 0 fully saturated rings. The second-order valence-corrected chi connectivity index (χ2v) is 5.71. The molecular formula is C15H22IN3O. The smallest absolute Gasteiger partial charge is 0.189 e. The average molecular weight is 387 g/mol.